The fourth-order valence-electron chi connectivity index (χ4n) is 2.08. The molecule has 0 bridgehead atoms. The molecular formula is C14H22N4O. The average Bonchev–Trinajstić information content (AvgIpc) is 2.81. The number of nitrogens with one attached hydrogen (secondary N) is 1. The summed E-state index contributed by atoms with van der Waals surface area (Å²) in [4.78, 5) is 6.85. The number of imidazole rings is 1. The number of likely N-dealkylation sites (N-methyl/N-ethyl adjacent to an activating group) is 1. The van der Waals surface area contributed by atoms with E-state index in [1.54, 1.807) is 7.11 Å². The predicted octanol–water partition coefficient (Wildman–Crippen LogP) is 1.53. The summed E-state index contributed by atoms with van der Waals surface area (Å²) in [7, 11) is 3.77. The van der Waals surface area contributed by atoms with Crippen molar-refractivity contribution in [1.82, 2.24) is 14.7 Å². The van der Waals surface area contributed by atoms with Gasteiger partial charge in [0.05, 0.1) is 12.3 Å². The fraction of sp³-hybridized carbons (Fsp3) is 0.500. The quantitative estimate of drug-likeness (QED) is 0.821. The Morgan fingerprint density at radius 1 is 1.42 bits per heavy atom. The van der Waals surface area contributed by atoms with Crippen LogP contribution in [0, 0.1) is 0 Å². The first-order valence-corrected chi connectivity index (χ1v) is 6.64. The summed E-state index contributed by atoms with van der Waals surface area (Å²) in [6.45, 7) is 5.40. The molecule has 0 atom stereocenters. The Kier molecular flexibility index (Phi) is 4.76. The molecule has 0 spiro atoms. The van der Waals surface area contributed by atoms with Crippen molar-refractivity contribution in [3.05, 3.63) is 30.1 Å². The van der Waals surface area contributed by atoms with E-state index < -0.39 is 0 Å². The van der Waals surface area contributed by atoms with Crippen LogP contribution in [0.1, 0.15) is 12.6 Å². The van der Waals surface area contributed by atoms with Gasteiger partial charge < -0.3 is 19.4 Å². The number of rotatable bonds is 7. The summed E-state index contributed by atoms with van der Waals surface area (Å²) >= 11 is 0. The minimum absolute atomic E-state index is 0.699. The first kappa shape index (κ1) is 13.8. The van der Waals surface area contributed by atoms with Gasteiger partial charge in [-0.3, -0.25) is 0 Å². The van der Waals surface area contributed by atoms with Crippen LogP contribution in [0.25, 0.3) is 5.65 Å². The summed E-state index contributed by atoms with van der Waals surface area (Å²) < 4.78 is 7.28. The second-order valence-corrected chi connectivity index (χ2v) is 4.51. The van der Waals surface area contributed by atoms with Crippen LogP contribution in [0.5, 0.6) is 0 Å². The third-order valence-corrected chi connectivity index (χ3v) is 3.14. The Hall–Kier alpha value is -1.59. The molecule has 0 fully saturated rings. The summed E-state index contributed by atoms with van der Waals surface area (Å²) in [5.41, 5.74) is 2.17. The number of nitrogens with zero attached hydrogens (tertiary/aromatic N) is 3. The molecule has 0 aromatic carbocycles. The van der Waals surface area contributed by atoms with Crippen LogP contribution < -0.4 is 10.2 Å². The van der Waals surface area contributed by atoms with E-state index in [-0.39, 0.29) is 0 Å². The van der Waals surface area contributed by atoms with Gasteiger partial charge in [0.2, 0.25) is 0 Å². The topological polar surface area (TPSA) is 41.8 Å². The Labute approximate surface area is 114 Å². The number of hydrogen-bond acceptors (Lipinski definition) is 4. The molecular weight excluding hydrogens is 240 g/mol. The highest BCUT2D eigenvalue weighted by molar-refractivity contribution is 5.55. The minimum atomic E-state index is 0.699. The molecule has 2 heterocycles. The zero-order valence-electron chi connectivity index (χ0n) is 11.9. The first-order valence-electron chi connectivity index (χ1n) is 6.64. The van der Waals surface area contributed by atoms with Crippen LogP contribution in [-0.4, -0.2) is 43.2 Å². The van der Waals surface area contributed by atoms with Gasteiger partial charge in [0.25, 0.3) is 0 Å². The lowest BCUT2D eigenvalue weighted by atomic mass is 10.3. The minimum Gasteiger partial charge on any atom is -0.383 e. The summed E-state index contributed by atoms with van der Waals surface area (Å²) in [6, 6.07) is 6.07. The Morgan fingerprint density at radius 2 is 2.26 bits per heavy atom. The van der Waals surface area contributed by atoms with Gasteiger partial charge in [0, 0.05) is 33.4 Å². The van der Waals surface area contributed by atoms with Crippen molar-refractivity contribution in [2.45, 2.75) is 13.5 Å². The molecule has 2 aromatic heterocycles. The number of ether oxygens (including phenoxy) is 1. The molecule has 0 aliphatic heterocycles. The van der Waals surface area contributed by atoms with Gasteiger partial charge in [-0.2, -0.15) is 0 Å². The van der Waals surface area contributed by atoms with Crippen molar-refractivity contribution < 1.29 is 4.74 Å². The van der Waals surface area contributed by atoms with E-state index in [1.807, 2.05) is 18.2 Å². The van der Waals surface area contributed by atoms with Crippen molar-refractivity contribution in [2.75, 3.05) is 38.8 Å². The standard InChI is InChI=1S/C14H22N4O/c1-4-15-11-12-14(17(2)9-10-19-3)16-13-7-5-6-8-18(12)13/h5-8,15H,4,9-11H2,1-3H3. The maximum atomic E-state index is 5.14. The molecule has 0 saturated heterocycles. The Balaban J connectivity index is 2.34. The number of aromatic nitrogens is 2. The third kappa shape index (κ3) is 3.05. The molecule has 0 amide bonds. The number of pyridine rings is 1. The van der Waals surface area contributed by atoms with E-state index >= 15 is 0 Å². The van der Waals surface area contributed by atoms with E-state index in [9.17, 15) is 0 Å². The van der Waals surface area contributed by atoms with Crippen LogP contribution in [0.4, 0.5) is 5.82 Å². The smallest absolute Gasteiger partial charge is 0.152 e. The molecule has 2 rings (SSSR count). The number of anilines is 1. The molecule has 5 nitrogen and oxygen atoms in total. The SMILES string of the molecule is CCNCc1c(N(C)CCOC)nc2ccccn12. The summed E-state index contributed by atoms with van der Waals surface area (Å²) in [6.07, 6.45) is 2.06. The number of methoxy groups -OCH3 is 1. The molecule has 0 saturated carbocycles. The first-order chi connectivity index (χ1) is 9.27. The molecule has 0 aliphatic rings. The zero-order valence-corrected chi connectivity index (χ0v) is 11.9. The number of hydrogen-bond donors (Lipinski definition) is 1. The van der Waals surface area contributed by atoms with Crippen LogP contribution in [-0.2, 0) is 11.3 Å². The zero-order chi connectivity index (χ0) is 13.7. The van der Waals surface area contributed by atoms with Gasteiger partial charge in [-0.05, 0) is 18.7 Å². The molecule has 0 aliphatic carbocycles. The van der Waals surface area contributed by atoms with Gasteiger partial charge in [-0.15, -0.1) is 0 Å². The molecule has 0 radical (unpaired) electrons. The van der Waals surface area contributed by atoms with Crippen LogP contribution in [0.3, 0.4) is 0 Å². The molecule has 1 N–H and O–H groups in total. The molecule has 5 heteroatoms. The summed E-state index contributed by atoms with van der Waals surface area (Å²) in [5, 5.41) is 3.38. The monoisotopic (exact) mass is 262 g/mol. The van der Waals surface area contributed by atoms with E-state index in [0.29, 0.717) is 6.61 Å². The van der Waals surface area contributed by atoms with Crippen molar-refractivity contribution >= 4 is 11.5 Å². The maximum Gasteiger partial charge on any atom is 0.152 e. The lowest BCUT2D eigenvalue weighted by Crippen LogP contribution is -2.25. The van der Waals surface area contributed by atoms with E-state index in [2.05, 4.69) is 34.8 Å². The van der Waals surface area contributed by atoms with Gasteiger partial charge in [-0.25, -0.2) is 4.98 Å². The molecule has 0 unspecified atom stereocenters. The highest BCUT2D eigenvalue weighted by Gasteiger charge is 2.14. The second-order valence-electron chi connectivity index (χ2n) is 4.51. The normalized spacial score (nSPS) is 11.1. The van der Waals surface area contributed by atoms with Gasteiger partial charge >= 0.3 is 0 Å². The van der Waals surface area contributed by atoms with E-state index in [4.69, 9.17) is 9.72 Å². The highest BCUT2D eigenvalue weighted by atomic mass is 16.5. The van der Waals surface area contributed by atoms with Gasteiger partial charge in [-0.1, -0.05) is 13.0 Å². The lowest BCUT2D eigenvalue weighted by Gasteiger charge is -2.18. The predicted molar refractivity (Wildman–Crippen MR) is 77.7 cm³/mol. The third-order valence-electron chi connectivity index (χ3n) is 3.14. The molecule has 19 heavy (non-hydrogen) atoms. The number of fused-ring (bicyclic) bond motifs is 1. The molecule has 104 valence electrons. The van der Waals surface area contributed by atoms with Gasteiger partial charge in [0.15, 0.2) is 5.82 Å². The average molecular weight is 262 g/mol. The van der Waals surface area contributed by atoms with E-state index in [0.717, 1.165) is 31.1 Å². The fourth-order valence-corrected chi connectivity index (χ4v) is 2.08. The van der Waals surface area contributed by atoms with Crippen LogP contribution in [0.15, 0.2) is 24.4 Å². The Bertz CT molecular complexity index is 523. The van der Waals surface area contributed by atoms with Crippen molar-refractivity contribution in [3.63, 3.8) is 0 Å². The van der Waals surface area contributed by atoms with E-state index in [1.165, 1.54) is 5.69 Å². The largest absolute Gasteiger partial charge is 0.383 e. The van der Waals surface area contributed by atoms with Crippen LogP contribution in [0.2, 0.25) is 0 Å². The summed E-state index contributed by atoms with van der Waals surface area (Å²) in [5.74, 6) is 1.02. The van der Waals surface area contributed by atoms with Gasteiger partial charge in [0.1, 0.15) is 5.65 Å². The molecule has 2 aromatic rings. The maximum absolute atomic E-state index is 5.14. The second kappa shape index (κ2) is 6.54. The van der Waals surface area contributed by atoms with Crippen LogP contribution >= 0.6 is 0 Å². The lowest BCUT2D eigenvalue weighted by molar-refractivity contribution is 0.206. The van der Waals surface area contributed by atoms with Crippen molar-refractivity contribution in [2.24, 2.45) is 0 Å². The van der Waals surface area contributed by atoms with Crippen molar-refractivity contribution in [1.29, 1.82) is 0 Å². The Morgan fingerprint density at radius 3 is 3.00 bits per heavy atom. The van der Waals surface area contributed by atoms with Crippen molar-refractivity contribution in [3.8, 4) is 0 Å². The highest BCUT2D eigenvalue weighted by Crippen LogP contribution is 2.20.